The summed E-state index contributed by atoms with van der Waals surface area (Å²) < 4.78 is 5.39. The summed E-state index contributed by atoms with van der Waals surface area (Å²) in [4.78, 5) is 26.1. The zero-order valence-electron chi connectivity index (χ0n) is 13.7. The number of nitrogens with one attached hydrogen (secondary N) is 1. The maximum absolute atomic E-state index is 12.2. The topological polar surface area (TPSA) is 94.4 Å². The molecule has 1 amide bonds. The molecule has 1 aromatic carbocycles. The van der Waals surface area contributed by atoms with E-state index in [-0.39, 0.29) is 5.75 Å². The first kappa shape index (κ1) is 17.4. The fourth-order valence-corrected chi connectivity index (χ4v) is 2.05. The van der Waals surface area contributed by atoms with E-state index in [1.54, 1.807) is 0 Å². The predicted molar refractivity (Wildman–Crippen MR) is 90.1 cm³/mol. The van der Waals surface area contributed by atoms with Crippen LogP contribution in [0.1, 0.15) is 32.3 Å². The van der Waals surface area contributed by atoms with Crippen molar-refractivity contribution < 1.29 is 14.5 Å². The molecule has 0 saturated carbocycles. The molecule has 0 spiro atoms. The van der Waals surface area contributed by atoms with Gasteiger partial charge < -0.3 is 20.2 Å². The average Bonchev–Trinajstić information content (AvgIpc) is 2.55. The van der Waals surface area contributed by atoms with Gasteiger partial charge in [0.05, 0.1) is 0 Å². The lowest BCUT2D eigenvalue weighted by Gasteiger charge is -2.15. The van der Waals surface area contributed by atoms with Gasteiger partial charge in [-0.2, -0.15) is 0 Å². The quantitative estimate of drug-likeness (QED) is 0.646. The van der Waals surface area contributed by atoms with Crippen molar-refractivity contribution in [1.82, 2.24) is 4.98 Å². The first-order valence-corrected chi connectivity index (χ1v) is 7.55. The lowest BCUT2D eigenvalue weighted by atomic mass is 10.0. The first-order valence-electron chi connectivity index (χ1n) is 7.55. The molecule has 24 heavy (non-hydrogen) atoms. The Morgan fingerprint density at radius 3 is 2.46 bits per heavy atom. The van der Waals surface area contributed by atoms with Crippen LogP contribution in [0.4, 0.5) is 11.5 Å². The van der Waals surface area contributed by atoms with Gasteiger partial charge in [0.2, 0.25) is 5.75 Å². The molecule has 0 aliphatic heterocycles. The lowest BCUT2D eigenvalue weighted by molar-refractivity contribution is -0.390. The third-order valence-corrected chi connectivity index (χ3v) is 3.44. The molecule has 126 valence electrons. The van der Waals surface area contributed by atoms with E-state index in [0.29, 0.717) is 11.6 Å². The Morgan fingerprint density at radius 2 is 1.88 bits per heavy atom. The number of nitro groups is 1. The molecule has 0 radical (unpaired) electrons. The molecule has 0 aliphatic carbocycles. The molecule has 2 rings (SSSR count). The van der Waals surface area contributed by atoms with E-state index in [9.17, 15) is 14.9 Å². The number of pyridine rings is 1. The molecule has 1 heterocycles. The highest BCUT2D eigenvalue weighted by molar-refractivity contribution is 5.94. The Balaban J connectivity index is 2.03. The number of rotatable bonds is 6. The molecule has 0 fully saturated rings. The minimum absolute atomic E-state index is 0.0414. The Kier molecular flexibility index (Phi) is 5.47. The van der Waals surface area contributed by atoms with Crippen molar-refractivity contribution in [3.05, 3.63) is 58.3 Å². The van der Waals surface area contributed by atoms with Gasteiger partial charge in [-0.05, 0) is 52.6 Å². The zero-order chi connectivity index (χ0) is 17.7. The van der Waals surface area contributed by atoms with Crippen LogP contribution in [0.25, 0.3) is 0 Å². The van der Waals surface area contributed by atoms with Gasteiger partial charge in [-0.3, -0.25) is 4.79 Å². The number of nitrogens with zero attached hydrogens (tertiary/aromatic N) is 2. The monoisotopic (exact) mass is 329 g/mol. The van der Waals surface area contributed by atoms with E-state index in [1.165, 1.54) is 30.8 Å². The summed E-state index contributed by atoms with van der Waals surface area (Å²) in [5.41, 5.74) is 1.81. The van der Waals surface area contributed by atoms with Crippen LogP contribution in [0.3, 0.4) is 0 Å². The van der Waals surface area contributed by atoms with E-state index in [2.05, 4.69) is 24.1 Å². The van der Waals surface area contributed by atoms with Gasteiger partial charge in [0.15, 0.2) is 6.10 Å². The summed E-state index contributed by atoms with van der Waals surface area (Å²) in [6.07, 6.45) is 0.393. The molecule has 7 heteroatoms. The van der Waals surface area contributed by atoms with Gasteiger partial charge in [0.1, 0.15) is 6.20 Å². The third-order valence-electron chi connectivity index (χ3n) is 3.44. The van der Waals surface area contributed by atoms with Crippen molar-refractivity contribution in [2.45, 2.75) is 32.8 Å². The SMILES string of the molecule is CC(Oc1cccnc1[N+](=O)[O-])C(=O)Nc1ccc(C(C)C)cc1. The van der Waals surface area contributed by atoms with Crippen LogP contribution < -0.4 is 10.1 Å². The van der Waals surface area contributed by atoms with Crippen LogP contribution >= 0.6 is 0 Å². The molecule has 1 N–H and O–H groups in total. The maximum Gasteiger partial charge on any atom is 0.406 e. The number of hydrogen-bond donors (Lipinski definition) is 1. The molecule has 1 aromatic heterocycles. The summed E-state index contributed by atoms with van der Waals surface area (Å²) in [5.74, 6) is -0.452. The molecule has 1 atom stereocenters. The fraction of sp³-hybridized carbons (Fsp3) is 0.294. The molecule has 0 saturated heterocycles. The van der Waals surface area contributed by atoms with Gasteiger partial charge in [0, 0.05) is 5.69 Å². The minimum Gasteiger partial charge on any atom is -0.473 e. The minimum atomic E-state index is -0.905. The van der Waals surface area contributed by atoms with Crippen LogP contribution in [-0.4, -0.2) is 21.9 Å². The summed E-state index contributed by atoms with van der Waals surface area (Å²) in [6.45, 7) is 5.70. The van der Waals surface area contributed by atoms with Crippen molar-refractivity contribution in [1.29, 1.82) is 0 Å². The van der Waals surface area contributed by atoms with Gasteiger partial charge in [-0.15, -0.1) is 0 Å². The molecule has 0 bridgehead atoms. The van der Waals surface area contributed by atoms with Crippen LogP contribution in [0, 0.1) is 10.1 Å². The smallest absolute Gasteiger partial charge is 0.406 e. The number of benzene rings is 1. The number of aromatic nitrogens is 1. The molecular weight excluding hydrogens is 310 g/mol. The van der Waals surface area contributed by atoms with E-state index in [0.717, 1.165) is 0 Å². The number of anilines is 1. The fourth-order valence-electron chi connectivity index (χ4n) is 2.05. The zero-order valence-corrected chi connectivity index (χ0v) is 13.7. The van der Waals surface area contributed by atoms with Gasteiger partial charge in [-0.25, -0.2) is 0 Å². The first-order chi connectivity index (χ1) is 11.4. The van der Waals surface area contributed by atoms with Crippen molar-refractivity contribution in [3.63, 3.8) is 0 Å². The normalized spacial score (nSPS) is 11.8. The maximum atomic E-state index is 12.2. The standard InChI is InChI=1S/C17H19N3O4/c1-11(2)13-6-8-14(9-7-13)19-17(21)12(3)24-15-5-4-10-18-16(15)20(22)23/h4-12H,1-3H3,(H,19,21). The highest BCUT2D eigenvalue weighted by Crippen LogP contribution is 2.24. The summed E-state index contributed by atoms with van der Waals surface area (Å²) in [6, 6.07) is 10.4. The van der Waals surface area contributed by atoms with Gasteiger partial charge >= 0.3 is 5.82 Å². The van der Waals surface area contributed by atoms with Crippen molar-refractivity contribution in [3.8, 4) is 5.75 Å². The highest BCUT2D eigenvalue weighted by Gasteiger charge is 2.21. The second kappa shape index (κ2) is 7.54. The Labute approximate surface area is 139 Å². The van der Waals surface area contributed by atoms with E-state index in [1.807, 2.05) is 24.3 Å². The average molecular weight is 329 g/mol. The van der Waals surface area contributed by atoms with Crippen molar-refractivity contribution >= 4 is 17.4 Å². The Bertz CT molecular complexity index is 729. The van der Waals surface area contributed by atoms with E-state index >= 15 is 0 Å². The van der Waals surface area contributed by atoms with Crippen LogP contribution in [0.2, 0.25) is 0 Å². The summed E-state index contributed by atoms with van der Waals surface area (Å²) >= 11 is 0. The number of hydrogen-bond acceptors (Lipinski definition) is 5. The van der Waals surface area contributed by atoms with Crippen molar-refractivity contribution in [2.75, 3.05) is 5.32 Å². The lowest BCUT2D eigenvalue weighted by Crippen LogP contribution is -2.30. The molecule has 0 aliphatic rings. The van der Waals surface area contributed by atoms with E-state index < -0.39 is 22.8 Å². The Morgan fingerprint density at radius 1 is 1.21 bits per heavy atom. The number of carbonyl (C=O) groups is 1. The third kappa shape index (κ3) is 4.28. The van der Waals surface area contributed by atoms with Crippen LogP contribution in [0.15, 0.2) is 42.6 Å². The molecule has 2 aromatic rings. The summed E-state index contributed by atoms with van der Waals surface area (Å²) in [5, 5.41) is 13.6. The number of carbonyl (C=O) groups excluding carboxylic acids is 1. The second-order valence-corrected chi connectivity index (χ2v) is 5.61. The second-order valence-electron chi connectivity index (χ2n) is 5.61. The van der Waals surface area contributed by atoms with Gasteiger partial charge in [-0.1, -0.05) is 26.0 Å². The number of amides is 1. The Hall–Kier alpha value is -2.96. The number of ether oxygens (including phenoxy) is 1. The molecule has 7 nitrogen and oxygen atoms in total. The highest BCUT2D eigenvalue weighted by atomic mass is 16.6. The molecule has 1 unspecified atom stereocenters. The van der Waals surface area contributed by atoms with Gasteiger partial charge in [0.25, 0.3) is 5.91 Å². The van der Waals surface area contributed by atoms with Crippen molar-refractivity contribution in [2.24, 2.45) is 0 Å². The summed E-state index contributed by atoms with van der Waals surface area (Å²) in [7, 11) is 0. The van der Waals surface area contributed by atoms with E-state index in [4.69, 9.17) is 4.74 Å². The van der Waals surface area contributed by atoms with Crippen LogP contribution in [0.5, 0.6) is 5.75 Å². The predicted octanol–water partition coefficient (Wildman–Crippen LogP) is 3.52. The largest absolute Gasteiger partial charge is 0.473 e. The molecular formula is C17H19N3O4. The van der Waals surface area contributed by atoms with Crippen LogP contribution in [-0.2, 0) is 4.79 Å².